The zero-order valence-electron chi connectivity index (χ0n) is 14.2. The summed E-state index contributed by atoms with van der Waals surface area (Å²) in [5.74, 6) is 0.718. The minimum absolute atomic E-state index is 0.342. The number of nitrogens with two attached hydrogens (primary N) is 1. The largest absolute Gasteiger partial charge is 0.329 e. The van der Waals surface area contributed by atoms with Crippen molar-refractivity contribution < 1.29 is 0 Å². The third-order valence-electron chi connectivity index (χ3n) is 4.38. The fourth-order valence-electron chi connectivity index (χ4n) is 3.17. The van der Waals surface area contributed by atoms with Crippen LogP contribution in [0.4, 0.5) is 0 Å². The quantitative estimate of drug-likeness (QED) is 0.816. The highest BCUT2D eigenvalue weighted by Crippen LogP contribution is 2.28. The zero-order chi connectivity index (χ0) is 15.3. The van der Waals surface area contributed by atoms with E-state index in [-0.39, 0.29) is 0 Å². The molecule has 2 heteroatoms. The molecule has 2 nitrogen and oxygen atoms in total. The van der Waals surface area contributed by atoms with Gasteiger partial charge in [0.15, 0.2) is 0 Å². The van der Waals surface area contributed by atoms with Crippen LogP contribution in [0.15, 0.2) is 12.1 Å². The zero-order valence-corrected chi connectivity index (χ0v) is 14.2. The molecule has 0 aliphatic heterocycles. The lowest BCUT2D eigenvalue weighted by molar-refractivity contribution is 0.181. The molecule has 0 aliphatic rings. The van der Waals surface area contributed by atoms with Crippen LogP contribution in [0.25, 0.3) is 0 Å². The molecular weight excluding hydrogens is 244 g/mol. The van der Waals surface area contributed by atoms with Crippen LogP contribution in [0, 0.1) is 26.7 Å². The van der Waals surface area contributed by atoms with E-state index in [1.807, 2.05) is 0 Å². The fraction of sp³-hybridized carbons (Fsp3) is 0.667. The molecule has 0 amide bonds. The Bertz CT molecular complexity index is 402. The van der Waals surface area contributed by atoms with Gasteiger partial charge in [0.1, 0.15) is 0 Å². The van der Waals surface area contributed by atoms with Gasteiger partial charge in [0.25, 0.3) is 0 Å². The van der Waals surface area contributed by atoms with Crippen LogP contribution in [0.3, 0.4) is 0 Å². The first-order chi connectivity index (χ1) is 9.44. The Kier molecular flexibility index (Phi) is 6.70. The van der Waals surface area contributed by atoms with Crippen molar-refractivity contribution in [2.75, 3.05) is 19.6 Å². The topological polar surface area (TPSA) is 29.3 Å². The molecule has 0 bridgehead atoms. The number of hydrogen-bond acceptors (Lipinski definition) is 2. The molecule has 20 heavy (non-hydrogen) atoms. The predicted octanol–water partition coefficient (Wildman–Crippen LogP) is 3.98. The number of benzene rings is 1. The van der Waals surface area contributed by atoms with Crippen molar-refractivity contribution in [3.05, 3.63) is 34.4 Å². The Morgan fingerprint density at radius 1 is 1.10 bits per heavy atom. The van der Waals surface area contributed by atoms with Gasteiger partial charge in [-0.25, -0.2) is 0 Å². The van der Waals surface area contributed by atoms with Crippen LogP contribution in [0.5, 0.6) is 0 Å². The maximum absolute atomic E-state index is 6.13. The van der Waals surface area contributed by atoms with Gasteiger partial charge in [0, 0.05) is 19.1 Å². The second-order valence-electron chi connectivity index (χ2n) is 6.16. The van der Waals surface area contributed by atoms with Gasteiger partial charge < -0.3 is 5.73 Å². The average molecular weight is 276 g/mol. The minimum Gasteiger partial charge on any atom is -0.329 e. The van der Waals surface area contributed by atoms with E-state index in [0.29, 0.717) is 12.6 Å². The lowest BCUT2D eigenvalue weighted by Crippen LogP contribution is -2.37. The Morgan fingerprint density at radius 3 is 2.05 bits per heavy atom. The molecule has 0 aromatic heterocycles. The summed E-state index contributed by atoms with van der Waals surface area (Å²) in [4.78, 5) is 2.54. The van der Waals surface area contributed by atoms with Gasteiger partial charge in [0.05, 0.1) is 0 Å². The molecule has 0 aliphatic carbocycles. The lowest BCUT2D eigenvalue weighted by Gasteiger charge is -2.34. The maximum atomic E-state index is 6.13. The summed E-state index contributed by atoms with van der Waals surface area (Å²) in [7, 11) is 0. The van der Waals surface area contributed by atoms with Gasteiger partial charge in [-0.1, -0.05) is 44.9 Å². The number of aryl methyl sites for hydroxylation is 3. The van der Waals surface area contributed by atoms with Crippen molar-refractivity contribution in [1.82, 2.24) is 4.90 Å². The second-order valence-corrected chi connectivity index (χ2v) is 6.16. The molecule has 1 rings (SSSR count). The fourth-order valence-corrected chi connectivity index (χ4v) is 3.17. The molecule has 1 aromatic carbocycles. The smallest absolute Gasteiger partial charge is 0.0475 e. The monoisotopic (exact) mass is 276 g/mol. The maximum Gasteiger partial charge on any atom is 0.0475 e. The summed E-state index contributed by atoms with van der Waals surface area (Å²) in [6.45, 7) is 16.3. The van der Waals surface area contributed by atoms with E-state index in [0.717, 1.165) is 19.0 Å². The number of hydrogen-bond donors (Lipinski definition) is 1. The summed E-state index contributed by atoms with van der Waals surface area (Å²) in [6.07, 6.45) is 1.22. The predicted molar refractivity (Wildman–Crippen MR) is 89.2 cm³/mol. The lowest BCUT2D eigenvalue weighted by atomic mass is 9.92. The van der Waals surface area contributed by atoms with Crippen LogP contribution >= 0.6 is 0 Å². The highest BCUT2D eigenvalue weighted by Gasteiger charge is 2.22. The van der Waals surface area contributed by atoms with E-state index in [2.05, 4.69) is 58.6 Å². The van der Waals surface area contributed by atoms with E-state index in [1.165, 1.54) is 28.7 Å². The van der Waals surface area contributed by atoms with Crippen molar-refractivity contribution in [3.8, 4) is 0 Å². The molecule has 2 N–H and O–H groups in total. The third kappa shape index (κ3) is 4.07. The van der Waals surface area contributed by atoms with Crippen molar-refractivity contribution in [2.45, 2.75) is 54.0 Å². The SMILES string of the molecule is CCC(C)CN(CC)C(CN)c1c(C)cc(C)cc1C. The van der Waals surface area contributed by atoms with Crippen LogP contribution in [0.2, 0.25) is 0 Å². The molecule has 1 aromatic rings. The second kappa shape index (κ2) is 7.80. The van der Waals surface area contributed by atoms with Crippen molar-refractivity contribution >= 4 is 0 Å². The third-order valence-corrected chi connectivity index (χ3v) is 4.38. The molecular formula is C18H32N2. The first kappa shape index (κ1) is 17.2. The van der Waals surface area contributed by atoms with Crippen LogP contribution < -0.4 is 5.73 Å². The Labute approximate surface area is 125 Å². The summed E-state index contributed by atoms with van der Waals surface area (Å²) in [6, 6.07) is 4.90. The number of rotatable bonds is 7. The number of nitrogens with zero attached hydrogens (tertiary/aromatic N) is 1. The summed E-state index contributed by atoms with van der Waals surface area (Å²) >= 11 is 0. The summed E-state index contributed by atoms with van der Waals surface area (Å²) in [5, 5.41) is 0. The Morgan fingerprint density at radius 2 is 1.65 bits per heavy atom. The highest BCUT2D eigenvalue weighted by atomic mass is 15.2. The van der Waals surface area contributed by atoms with Gasteiger partial charge >= 0.3 is 0 Å². The molecule has 0 radical (unpaired) electrons. The molecule has 0 heterocycles. The molecule has 114 valence electrons. The number of likely N-dealkylation sites (N-methyl/N-ethyl adjacent to an activating group) is 1. The Hall–Kier alpha value is -0.860. The van der Waals surface area contributed by atoms with Gasteiger partial charge in [-0.15, -0.1) is 0 Å². The van der Waals surface area contributed by atoms with Crippen LogP contribution in [-0.2, 0) is 0 Å². The molecule has 0 spiro atoms. The summed E-state index contributed by atoms with van der Waals surface area (Å²) in [5.41, 5.74) is 11.7. The van der Waals surface area contributed by atoms with Crippen LogP contribution in [0.1, 0.15) is 55.5 Å². The first-order valence-corrected chi connectivity index (χ1v) is 7.96. The van der Waals surface area contributed by atoms with Gasteiger partial charge in [-0.2, -0.15) is 0 Å². The molecule has 2 atom stereocenters. The molecule has 0 saturated carbocycles. The standard InChI is InChI=1S/C18H32N2/c1-7-13(3)12-20(8-2)17(11-19)18-15(5)9-14(4)10-16(18)6/h9-10,13,17H,7-8,11-12,19H2,1-6H3. The van der Waals surface area contributed by atoms with Crippen molar-refractivity contribution in [1.29, 1.82) is 0 Å². The first-order valence-electron chi connectivity index (χ1n) is 7.96. The van der Waals surface area contributed by atoms with E-state index in [4.69, 9.17) is 5.73 Å². The molecule has 2 unspecified atom stereocenters. The van der Waals surface area contributed by atoms with E-state index < -0.39 is 0 Å². The van der Waals surface area contributed by atoms with Gasteiger partial charge in [-0.05, 0) is 49.9 Å². The van der Waals surface area contributed by atoms with Crippen molar-refractivity contribution in [2.24, 2.45) is 11.7 Å². The minimum atomic E-state index is 0.342. The molecule has 0 saturated heterocycles. The van der Waals surface area contributed by atoms with Gasteiger partial charge in [0.2, 0.25) is 0 Å². The average Bonchev–Trinajstić information content (AvgIpc) is 2.40. The van der Waals surface area contributed by atoms with E-state index >= 15 is 0 Å². The summed E-state index contributed by atoms with van der Waals surface area (Å²) < 4.78 is 0. The van der Waals surface area contributed by atoms with Crippen molar-refractivity contribution in [3.63, 3.8) is 0 Å². The normalized spacial score (nSPS) is 14.6. The van der Waals surface area contributed by atoms with E-state index in [1.54, 1.807) is 0 Å². The Balaban J connectivity index is 3.11. The molecule has 0 fully saturated rings. The van der Waals surface area contributed by atoms with Gasteiger partial charge in [-0.3, -0.25) is 4.90 Å². The van der Waals surface area contributed by atoms with E-state index in [9.17, 15) is 0 Å². The highest BCUT2D eigenvalue weighted by molar-refractivity contribution is 5.40. The van der Waals surface area contributed by atoms with Crippen LogP contribution in [-0.4, -0.2) is 24.5 Å².